The van der Waals surface area contributed by atoms with Crippen molar-refractivity contribution >= 4 is 21.6 Å². The fraction of sp³-hybridized carbons (Fsp3) is 0.154. The molecule has 0 bridgehead atoms. The molecule has 5 nitrogen and oxygen atoms in total. The Morgan fingerprint density at radius 1 is 1.30 bits per heavy atom. The van der Waals surface area contributed by atoms with Gasteiger partial charge in [0.25, 0.3) is 0 Å². The number of hydrogen-bond donors (Lipinski definition) is 1. The van der Waals surface area contributed by atoms with Gasteiger partial charge < -0.3 is 4.57 Å². The molecule has 20 heavy (non-hydrogen) atoms. The maximum absolute atomic E-state index is 12.1. The second-order valence-corrected chi connectivity index (χ2v) is 6.22. The number of nitriles is 1. The highest BCUT2D eigenvalue weighted by atomic mass is 35.5. The molecule has 1 N–H and O–H groups in total. The van der Waals surface area contributed by atoms with Crippen LogP contribution in [0.2, 0.25) is 5.02 Å². The highest BCUT2D eigenvalue weighted by molar-refractivity contribution is 7.89. The number of rotatable bonds is 5. The van der Waals surface area contributed by atoms with Gasteiger partial charge in [0.1, 0.15) is 4.90 Å². The number of hydrogen-bond acceptors (Lipinski definition) is 3. The van der Waals surface area contributed by atoms with Crippen molar-refractivity contribution in [2.24, 2.45) is 0 Å². The highest BCUT2D eigenvalue weighted by Gasteiger charge is 2.17. The Hall–Kier alpha value is -1.81. The topological polar surface area (TPSA) is 74.9 Å². The highest BCUT2D eigenvalue weighted by Crippen LogP contribution is 2.22. The van der Waals surface area contributed by atoms with Gasteiger partial charge in [0.2, 0.25) is 10.0 Å². The van der Waals surface area contributed by atoms with Crippen LogP contribution in [-0.4, -0.2) is 19.5 Å². The van der Waals surface area contributed by atoms with Crippen LogP contribution >= 0.6 is 11.6 Å². The Kier molecular flexibility index (Phi) is 4.45. The maximum atomic E-state index is 12.1. The maximum Gasteiger partial charge on any atom is 0.242 e. The van der Waals surface area contributed by atoms with Gasteiger partial charge in [-0.2, -0.15) is 5.26 Å². The zero-order valence-corrected chi connectivity index (χ0v) is 12.0. The molecule has 0 aliphatic carbocycles. The number of halogens is 1. The minimum absolute atomic E-state index is 0.0225. The third kappa shape index (κ3) is 3.39. The van der Waals surface area contributed by atoms with Gasteiger partial charge in [-0.25, -0.2) is 13.1 Å². The summed E-state index contributed by atoms with van der Waals surface area (Å²) >= 11 is 5.90. The zero-order valence-electron chi connectivity index (χ0n) is 10.5. The minimum Gasteiger partial charge on any atom is -0.353 e. The predicted octanol–water partition coefficient (Wildman–Crippen LogP) is 1.99. The molecule has 2 rings (SSSR count). The molecular weight excluding hydrogens is 298 g/mol. The van der Waals surface area contributed by atoms with Crippen molar-refractivity contribution in [2.75, 3.05) is 6.54 Å². The molecule has 0 fully saturated rings. The Labute approximate surface area is 122 Å². The van der Waals surface area contributed by atoms with Crippen LogP contribution in [0.25, 0.3) is 0 Å². The van der Waals surface area contributed by atoms with Gasteiger partial charge in [-0.1, -0.05) is 11.6 Å². The SMILES string of the molecule is N#Cc1ccc(S(=O)(=O)NCCn2cccc2)c(Cl)c1. The summed E-state index contributed by atoms with van der Waals surface area (Å²) in [5.74, 6) is 0. The van der Waals surface area contributed by atoms with E-state index in [1.807, 2.05) is 35.2 Å². The lowest BCUT2D eigenvalue weighted by Crippen LogP contribution is -2.27. The first-order valence-electron chi connectivity index (χ1n) is 5.83. The van der Waals surface area contributed by atoms with E-state index in [1.54, 1.807) is 0 Å². The Morgan fingerprint density at radius 3 is 2.60 bits per heavy atom. The molecule has 0 unspecified atom stereocenters. The third-order valence-corrected chi connectivity index (χ3v) is 4.62. The van der Waals surface area contributed by atoms with E-state index in [1.165, 1.54) is 18.2 Å². The van der Waals surface area contributed by atoms with Gasteiger partial charge >= 0.3 is 0 Å². The molecule has 1 aromatic heterocycles. The number of sulfonamides is 1. The van der Waals surface area contributed by atoms with E-state index in [9.17, 15) is 8.42 Å². The van der Waals surface area contributed by atoms with Crippen molar-refractivity contribution in [1.82, 2.24) is 9.29 Å². The summed E-state index contributed by atoms with van der Waals surface area (Å²) in [6.07, 6.45) is 3.70. The van der Waals surface area contributed by atoms with Gasteiger partial charge in [-0.15, -0.1) is 0 Å². The van der Waals surface area contributed by atoms with E-state index in [-0.39, 0.29) is 16.5 Å². The Balaban J connectivity index is 2.08. The monoisotopic (exact) mass is 309 g/mol. The van der Waals surface area contributed by atoms with Gasteiger partial charge in [-0.05, 0) is 30.3 Å². The van der Waals surface area contributed by atoms with Crippen molar-refractivity contribution in [3.8, 4) is 6.07 Å². The lowest BCUT2D eigenvalue weighted by atomic mass is 10.2. The Morgan fingerprint density at radius 2 is 2.00 bits per heavy atom. The molecule has 0 radical (unpaired) electrons. The van der Waals surface area contributed by atoms with Crippen molar-refractivity contribution in [2.45, 2.75) is 11.4 Å². The van der Waals surface area contributed by atoms with Crippen molar-refractivity contribution < 1.29 is 8.42 Å². The van der Waals surface area contributed by atoms with Gasteiger partial charge in [0.05, 0.1) is 16.7 Å². The predicted molar refractivity (Wildman–Crippen MR) is 75.8 cm³/mol. The first-order chi connectivity index (χ1) is 9.53. The molecule has 0 aliphatic rings. The normalized spacial score (nSPS) is 11.2. The van der Waals surface area contributed by atoms with Crippen molar-refractivity contribution in [3.63, 3.8) is 0 Å². The fourth-order valence-corrected chi connectivity index (χ4v) is 3.26. The van der Waals surface area contributed by atoms with Crippen LogP contribution in [0.15, 0.2) is 47.6 Å². The first kappa shape index (κ1) is 14.6. The van der Waals surface area contributed by atoms with E-state index in [4.69, 9.17) is 16.9 Å². The summed E-state index contributed by atoms with van der Waals surface area (Å²) in [7, 11) is -3.67. The van der Waals surface area contributed by atoms with Crippen LogP contribution in [-0.2, 0) is 16.6 Å². The van der Waals surface area contributed by atoms with Gasteiger partial charge in [-0.3, -0.25) is 0 Å². The number of benzene rings is 1. The van der Waals surface area contributed by atoms with Crippen LogP contribution in [0, 0.1) is 11.3 Å². The molecule has 0 aliphatic heterocycles. The standard InChI is InChI=1S/C13H12ClN3O2S/c14-12-9-11(10-15)3-4-13(12)20(18,19)16-5-8-17-6-1-2-7-17/h1-4,6-7,9,16H,5,8H2. The van der Waals surface area contributed by atoms with Crippen molar-refractivity contribution in [1.29, 1.82) is 5.26 Å². The van der Waals surface area contributed by atoms with E-state index in [2.05, 4.69) is 4.72 Å². The van der Waals surface area contributed by atoms with Crippen molar-refractivity contribution in [3.05, 3.63) is 53.3 Å². The average Bonchev–Trinajstić information content (AvgIpc) is 2.91. The summed E-state index contributed by atoms with van der Waals surface area (Å²) < 4.78 is 28.5. The minimum atomic E-state index is -3.67. The summed E-state index contributed by atoms with van der Waals surface area (Å²) in [5, 5.41) is 8.77. The van der Waals surface area contributed by atoms with Gasteiger partial charge in [0.15, 0.2) is 0 Å². The average molecular weight is 310 g/mol. The molecular formula is C13H12ClN3O2S. The molecule has 0 saturated carbocycles. The van der Waals surface area contributed by atoms with E-state index in [0.717, 1.165) is 0 Å². The van der Waals surface area contributed by atoms with Crippen LogP contribution < -0.4 is 4.72 Å². The van der Waals surface area contributed by atoms with E-state index < -0.39 is 10.0 Å². The molecule has 104 valence electrons. The summed E-state index contributed by atoms with van der Waals surface area (Å²) in [6, 6.07) is 9.73. The second kappa shape index (κ2) is 6.09. The molecule has 2 aromatic rings. The molecule has 0 amide bonds. The smallest absolute Gasteiger partial charge is 0.242 e. The largest absolute Gasteiger partial charge is 0.353 e. The lowest BCUT2D eigenvalue weighted by molar-refractivity contribution is 0.573. The molecule has 0 atom stereocenters. The molecule has 1 heterocycles. The summed E-state index contributed by atoms with van der Waals surface area (Å²) in [5.41, 5.74) is 0.321. The summed E-state index contributed by atoms with van der Waals surface area (Å²) in [4.78, 5) is -0.0225. The number of nitrogens with zero attached hydrogens (tertiary/aromatic N) is 2. The number of aromatic nitrogens is 1. The molecule has 1 aromatic carbocycles. The third-order valence-electron chi connectivity index (χ3n) is 2.68. The van der Waals surface area contributed by atoms with Crippen LogP contribution in [0.4, 0.5) is 0 Å². The first-order valence-corrected chi connectivity index (χ1v) is 7.69. The molecule has 7 heteroatoms. The van der Waals surface area contributed by atoms with Crippen LogP contribution in [0.3, 0.4) is 0 Å². The van der Waals surface area contributed by atoms with E-state index >= 15 is 0 Å². The van der Waals surface area contributed by atoms with E-state index in [0.29, 0.717) is 12.1 Å². The van der Waals surface area contributed by atoms with Gasteiger partial charge in [0, 0.05) is 25.5 Å². The number of nitrogens with one attached hydrogen (secondary N) is 1. The quantitative estimate of drug-likeness (QED) is 0.917. The Bertz CT molecular complexity index is 733. The molecule has 0 spiro atoms. The van der Waals surface area contributed by atoms with Crippen LogP contribution in [0.5, 0.6) is 0 Å². The fourth-order valence-electron chi connectivity index (χ4n) is 1.69. The second-order valence-electron chi connectivity index (χ2n) is 4.08. The van der Waals surface area contributed by atoms with Crippen LogP contribution in [0.1, 0.15) is 5.56 Å². The zero-order chi connectivity index (χ0) is 14.6. The lowest BCUT2D eigenvalue weighted by Gasteiger charge is -2.09. The summed E-state index contributed by atoms with van der Waals surface area (Å²) in [6.45, 7) is 0.785. The molecule has 0 saturated heterocycles.